The molecule has 0 aliphatic rings. The topological polar surface area (TPSA) is 77.8 Å². The van der Waals surface area contributed by atoms with Crippen molar-refractivity contribution in [3.05, 3.63) is 0 Å². The smallest absolute Gasteiger partial charge is 0.299 e. The molecule has 4 nitrogen and oxygen atoms in total. The number of rotatable bonds is 5. The molecule has 0 saturated carbocycles. The van der Waals surface area contributed by atoms with Gasteiger partial charge >= 0.3 is 0 Å². The molecule has 0 bridgehead atoms. The second-order valence-electron chi connectivity index (χ2n) is 2.83. The van der Waals surface area contributed by atoms with Crippen LogP contribution in [0.15, 0.2) is 0 Å². The van der Waals surface area contributed by atoms with Gasteiger partial charge in [-0.2, -0.15) is 4.21 Å². The SMILES string of the molecule is CCCCC(CC)CO.O=S(O)O. The zero-order valence-electron chi connectivity index (χ0n) is 8.27. The third-order valence-electron chi connectivity index (χ3n) is 1.80. The van der Waals surface area contributed by atoms with Crippen LogP contribution >= 0.6 is 0 Å². The molecule has 5 heteroatoms. The van der Waals surface area contributed by atoms with Crippen molar-refractivity contribution in [2.75, 3.05) is 6.61 Å². The molecule has 0 aromatic heterocycles. The van der Waals surface area contributed by atoms with Crippen LogP contribution in [0.1, 0.15) is 39.5 Å². The molecule has 3 N–H and O–H groups in total. The first kappa shape index (κ1) is 15.5. The largest absolute Gasteiger partial charge is 0.396 e. The van der Waals surface area contributed by atoms with Crippen molar-refractivity contribution in [1.29, 1.82) is 0 Å². The summed E-state index contributed by atoms with van der Waals surface area (Å²) in [6.45, 7) is 4.69. The Bertz CT molecular complexity index is 111. The van der Waals surface area contributed by atoms with E-state index in [4.69, 9.17) is 18.4 Å². The molecule has 1 atom stereocenters. The molecular formula is C8H20O4S. The van der Waals surface area contributed by atoms with Crippen molar-refractivity contribution in [1.82, 2.24) is 0 Å². The highest BCUT2D eigenvalue weighted by atomic mass is 32.2. The minimum Gasteiger partial charge on any atom is -0.396 e. The standard InChI is InChI=1S/C8H18O.H2O3S/c1-3-5-6-8(4-2)7-9;1-4(2)3/h8-9H,3-7H2,1-2H3;(H2,1,2,3). The maximum Gasteiger partial charge on any atom is 0.299 e. The zero-order chi connectivity index (χ0) is 10.7. The van der Waals surface area contributed by atoms with Gasteiger partial charge in [-0.25, -0.2) is 0 Å². The summed E-state index contributed by atoms with van der Waals surface area (Å²) in [7, 11) is 0. The summed E-state index contributed by atoms with van der Waals surface area (Å²) in [5.74, 6) is 0.560. The summed E-state index contributed by atoms with van der Waals surface area (Å²) >= 11 is -2.61. The lowest BCUT2D eigenvalue weighted by Gasteiger charge is -2.08. The van der Waals surface area contributed by atoms with E-state index in [1.54, 1.807) is 0 Å². The van der Waals surface area contributed by atoms with Crippen LogP contribution in [0.25, 0.3) is 0 Å². The van der Waals surface area contributed by atoms with Crippen LogP contribution in [0.5, 0.6) is 0 Å². The van der Waals surface area contributed by atoms with E-state index in [1.165, 1.54) is 19.3 Å². The van der Waals surface area contributed by atoms with E-state index in [0.29, 0.717) is 12.5 Å². The fourth-order valence-corrected chi connectivity index (χ4v) is 0.917. The summed E-state index contributed by atoms with van der Waals surface area (Å²) < 4.78 is 22.8. The van der Waals surface area contributed by atoms with Crippen molar-refractivity contribution in [2.45, 2.75) is 39.5 Å². The second-order valence-corrected chi connectivity index (χ2v) is 3.29. The normalized spacial score (nSPS) is 12.2. The molecule has 0 aromatic rings. The molecule has 0 amide bonds. The average Bonchev–Trinajstić information content (AvgIpc) is 2.06. The van der Waals surface area contributed by atoms with Crippen LogP contribution in [0.4, 0.5) is 0 Å². The Morgan fingerprint density at radius 1 is 1.31 bits per heavy atom. The summed E-state index contributed by atoms with van der Waals surface area (Å²) in [6.07, 6.45) is 4.83. The summed E-state index contributed by atoms with van der Waals surface area (Å²) in [6, 6.07) is 0. The maximum absolute atomic E-state index is 8.75. The van der Waals surface area contributed by atoms with Crippen molar-refractivity contribution in [2.24, 2.45) is 5.92 Å². The molecule has 0 fully saturated rings. The van der Waals surface area contributed by atoms with Gasteiger partial charge in [-0.3, -0.25) is 9.11 Å². The molecular weight excluding hydrogens is 192 g/mol. The highest BCUT2D eigenvalue weighted by Crippen LogP contribution is 2.10. The van der Waals surface area contributed by atoms with E-state index < -0.39 is 11.4 Å². The van der Waals surface area contributed by atoms with Crippen LogP contribution in [-0.4, -0.2) is 25.0 Å². The van der Waals surface area contributed by atoms with Crippen LogP contribution in [0, 0.1) is 5.92 Å². The first-order valence-electron chi connectivity index (χ1n) is 4.49. The van der Waals surface area contributed by atoms with Gasteiger partial charge in [0, 0.05) is 6.61 Å². The number of aliphatic hydroxyl groups is 1. The van der Waals surface area contributed by atoms with Gasteiger partial charge in [0.05, 0.1) is 0 Å². The number of hydrogen-bond donors (Lipinski definition) is 3. The fraction of sp³-hybridized carbons (Fsp3) is 1.00. The van der Waals surface area contributed by atoms with Gasteiger partial charge < -0.3 is 5.11 Å². The van der Waals surface area contributed by atoms with E-state index in [2.05, 4.69) is 13.8 Å². The quantitative estimate of drug-likeness (QED) is 0.608. The third kappa shape index (κ3) is 18.8. The fourth-order valence-electron chi connectivity index (χ4n) is 0.917. The Hall–Kier alpha value is 0.0300. The Morgan fingerprint density at radius 2 is 1.77 bits per heavy atom. The van der Waals surface area contributed by atoms with Gasteiger partial charge in [0.1, 0.15) is 0 Å². The number of hydrogen-bond acceptors (Lipinski definition) is 2. The molecule has 0 rings (SSSR count). The molecule has 0 aliphatic heterocycles. The second kappa shape index (κ2) is 12.0. The molecule has 82 valence electrons. The molecule has 0 radical (unpaired) electrons. The highest BCUT2D eigenvalue weighted by molar-refractivity contribution is 7.73. The van der Waals surface area contributed by atoms with Gasteiger partial charge in [0.15, 0.2) is 0 Å². The summed E-state index contributed by atoms with van der Waals surface area (Å²) in [5.41, 5.74) is 0. The molecule has 13 heavy (non-hydrogen) atoms. The number of aliphatic hydroxyl groups excluding tert-OH is 1. The summed E-state index contributed by atoms with van der Waals surface area (Å²) in [5, 5.41) is 8.75. The predicted octanol–water partition coefficient (Wildman–Crippen LogP) is 1.88. The number of unbranched alkanes of at least 4 members (excludes halogenated alkanes) is 1. The van der Waals surface area contributed by atoms with E-state index in [9.17, 15) is 0 Å². The maximum atomic E-state index is 8.75. The first-order valence-corrected chi connectivity index (χ1v) is 5.55. The van der Waals surface area contributed by atoms with Gasteiger partial charge in [-0.15, -0.1) is 0 Å². The van der Waals surface area contributed by atoms with Crippen LogP contribution < -0.4 is 0 Å². The Morgan fingerprint density at radius 3 is 2.00 bits per heavy atom. The third-order valence-corrected chi connectivity index (χ3v) is 1.80. The molecule has 0 heterocycles. The minimum absolute atomic E-state index is 0.372. The van der Waals surface area contributed by atoms with E-state index in [1.807, 2.05) is 0 Å². The Kier molecular flexibility index (Phi) is 14.3. The van der Waals surface area contributed by atoms with Gasteiger partial charge in [-0.1, -0.05) is 33.1 Å². The zero-order valence-corrected chi connectivity index (χ0v) is 9.09. The summed E-state index contributed by atoms with van der Waals surface area (Å²) in [4.78, 5) is 0. The predicted molar refractivity (Wildman–Crippen MR) is 53.8 cm³/mol. The van der Waals surface area contributed by atoms with E-state index in [0.717, 1.165) is 6.42 Å². The van der Waals surface area contributed by atoms with Crippen molar-refractivity contribution in [3.63, 3.8) is 0 Å². The molecule has 0 spiro atoms. The van der Waals surface area contributed by atoms with E-state index in [-0.39, 0.29) is 0 Å². The minimum atomic E-state index is -2.61. The van der Waals surface area contributed by atoms with Gasteiger partial charge in [0.2, 0.25) is 0 Å². The molecule has 0 aliphatic carbocycles. The Balaban J connectivity index is 0. The monoisotopic (exact) mass is 212 g/mol. The van der Waals surface area contributed by atoms with Crippen LogP contribution in [0.2, 0.25) is 0 Å². The molecule has 0 aromatic carbocycles. The van der Waals surface area contributed by atoms with Crippen LogP contribution in [-0.2, 0) is 11.4 Å². The van der Waals surface area contributed by atoms with Crippen molar-refractivity contribution < 1.29 is 18.4 Å². The molecule has 1 unspecified atom stereocenters. The lowest BCUT2D eigenvalue weighted by molar-refractivity contribution is 0.212. The van der Waals surface area contributed by atoms with Crippen molar-refractivity contribution >= 4 is 11.4 Å². The van der Waals surface area contributed by atoms with Crippen LogP contribution in [0.3, 0.4) is 0 Å². The Labute approximate surface area is 82.5 Å². The highest BCUT2D eigenvalue weighted by Gasteiger charge is 2.01. The van der Waals surface area contributed by atoms with Crippen molar-refractivity contribution in [3.8, 4) is 0 Å². The van der Waals surface area contributed by atoms with Gasteiger partial charge in [-0.05, 0) is 12.3 Å². The molecule has 0 saturated heterocycles. The van der Waals surface area contributed by atoms with Gasteiger partial charge in [0.25, 0.3) is 11.4 Å². The van der Waals surface area contributed by atoms with E-state index >= 15 is 0 Å². The lowest BCUT2D eigenvalue weighted by atomic mass is 10.0. The lowest BCUT2D eigenvalue weighted by Crippen LogP contribution is -2.03. The average molecular weight is 212 g/mol. The first-order chi connectivity index (χ1) is 6.08.